The number of benzene rings is 1. The molecule has 1 aliphatic rings. The van der Waals surface area contributed by atoms with Gasteiger partial charge in [-0.3, -0.25) is 14.7 Å². The summed E-state index contributed by atoms with van der Waals surface area (Å²) in [6, 6.07) is 10.6. The van der Waals surface area contributed by atoms with Crippen LogP contribution in [0.2, 0.25) is 6.04 Å². The predicted octanol–water partition coefficient (Wildman–Crippen LogP) is 3.23. The number of carbonyl (C=O) groups is 1. The molecule has 0 spiro atoms. The molecule has 9 heteroatoms. The Morgan fingerprint density at radius 3 is 2.27 bits per heavy atom. The van der Waals surface area contributed by atoms with E-state index in [1.165, 1.54) is 0 Å². The number of aromatic nitrogens is 1. The molecule has 0 atom stereocenters. The average Bonchev–Trinajstić information content (AvgIpc) is 2.81. The predicted molar refractivity (Wildman–Crippen MR) is 133 cm³/mol. The van der Waals surface area contributed by atoms with Crippen molar-refractivity contribution in [3.8, 4) is 0 Å². The van der Waals surface area contributed by atoms with Gasteiger partial charge in [0.2, 0.25) is 5.91 Å². The lowest BCUT2D eigenvalue weighted by Crippen LogP contribution is -2.49. The number of hydrogen-bond donors (Lipinski definition) is 1. The average molecular weight is 475 g/mol. The molecular weight excluding hydrogens is 436 g/mol. The molecule has 182 valence electrons. The van der Waals surface area contributed by atoms with Gasteiger partial charge in [-0.25, -0.2) is 0 Å². The third kappa shape index (κ3) is 7.56. The van der Waals surface area contributed by atoms with Crippen molar-refractivity contribution in [3.63, 3.8) is 0 Å². The van der Waals surface area contributed by atoms with Crippen LogP contribution in [-0.2, 0) is 18.1 Å². The second-order valence-corrected chi connectivity index (χ2v) is 10.9. The number of piperazine rings is 1. The largest absolute Gasteiger partial charge is 0.500 e. The Kier molecular flexibility index (Phi) is 10.2. The number of nitrogens with zero attached hydrogens (tertiary/aromatic N) is 3. The molecule has 1 aromatic heterocycles. The van der Waals surface area contributed by atoms with Crippen molar-refractivity contribution >= 4 is 31.3 Å². The highest BCUT2D eigenvalue weighted by molar-refractivity contribution is 6.60. The van der Waals surface area contributed by atoms with Crippen molar-refractivity contribution in [2.45, 2.75) is 33.2 Å². The highest BCUT2D eigenvalue weighted by Gasteiger charge is 2.39. The molecule has 1 fully saturated rings. The summed E-state index contributed by atoms with van der Waals surface area (Å²) in [4.78, 5) is 21.7. The van der Waals surface area contributed by atoms with E-state index in [2.05, 4.69) is 20.1 Å². The van der Waals surface area contributed by atoms with Gasteiger partial charge in [0.25, 0.3) is 0 Å². The molecule has 0 saturated carbocycles. The maximum absolute atomic E-state index is 12.6. The lowest BCUT2D eigenvalue weighted by molar-refractivity contribution is -0.117. The summed E-state index contributed by atoms with van der Waals surface area (Å²) in [6.45, 7) is 12.9. The van der Waals surface area contributed by atoms with Crippen LogP contribution in [0.1, 0.15) is 27.2 Å². The third-order valence-electron chi connectivity index (χ3n) is 5.79. The van der Waals surface area contributed by atoms with Crippen LogP contribution in [0.5, 0.6) is 0 Å². The molecule has 0 aliphatic carbocycles. The summed E-state index contributed by atoms with van der Waals surface area (Å²) in [5.74, 6) is 0.00234. The van der Waals surface area contributed by atoms with Crippen LogP contribution < -0.4 is 5.32 Å². The van der Waals surface area contributed by atoms with E-state index in [-0.39, 0.29) is 5.91 Å². The summed E-state index contributed by atoms with van der Waals surface area (Å²) >= 11 is 0. The molecule has 1 amide bonds. The molecule has 0 radical (unpaired) electrons. The highest BCUT2D eigenvalue weighted by atomic mass is 28.4. The van der Waals surface area contributed by atoms with Crippen LogP contribution in [0, 0.1) is 0 Å². The Morgan fingerprint density at radius 1 is 0.970 bits per heavy atom. The fraction of sp³-hybridized carbons (Fsp3) is 0.583. The van der Waals surface area contributed by atoms with Crippen molar-refractivity contribution in [1.82, 2.24) is 14.8 Å². The van der Waals surface area contributed by atoms with Crippen LogP contribution in [0.4, 0.5) is 5.69 Å². The molecule has 0 unspecified atom stereocenters. The second kappa shape index (κ2) is 13.1. The van der Waals surface area contributed by atoms with E-state index in [1.807, 2.05) is 51.1 Å². The molecule has 2 aromatic rings. The number of rotatable bonds is 13. The Hall–Kier alpha value is -1.88. The van der Waals surface area contributed by atoms with Crippen LogP contribution >= 0.6 is 0 Å². The number of hydrogen-bond acceptors (Lipinski definition) is 7. The topological polar surface area (TPSA) is 76.2 Å². The summed E-state index contributed by atoms with van der Waals surface area (Å²) in [5.41, 5.74) is 1.59. The zero-order chi connectivity index (χ0) is 23.5. The molecule has 1 saturated heterocycles. The Balaban J connectivity index is 1.42. The molecular formula is C24H38N4O4Si. The van der Waals surface area contributed by atoms with E-state index in [4.69, 9.17) is 13.3 Å². The molecule has 33 heavy (non-hydrogen) atoms. The van der Waals surface area contributed by atoms with Crippen molar-refractivity contribution in [2.75, 3.05) is 64.4 Å². The normalized spacial score (nSPS) is 15.7. The first-order valence-corrected chi connectivity index (χ1v) is 14.0. The fourth-order valence-corrected chi connectivity index (χ4v) is 6.88. The molecule has 1 aliphatic heterocycles. The molecule has 3 rings (SSSR count). The second-order valence-electron chi connectivity index (χ2n) is 8.13. The summed E-state index contributed by atoms with van der Waals surface area (Å²) < 4.78 is 17.9. The number of pyridine rings is 1. The zero-order valence-electron chi connectivity index (χ0n) is 20.2. The molecule has 1 aromatic carbocycles. The van der Waals surface area contributed by atoms with Crippen molar-refractivity contribution < 1.29 is 18.1 Å². The first kappa shape index (κ1) is 25.7. The Morgan fingerprint density at radius 2 is 1.61 bits per heavy atom. The van der Waals surface area contributed by atoms with Gasteiger partial charge >= 0.3 is 8.80 Å². The number of amides is 1. The first-order valence-electron chi connectivity index (χ1n) is 12.1. The van der Waals surface area contributed by atoms with Gasteiger partial charge in [-0.15, -0.1) is 0 Å². The van der Waals surface area contributed by atoms with E-state index in [9.17, 15) is 4.79 Å². The fourth-order valence-electron chi connectivity index (χ4n) is 4.29. The van der Waals surface area contributed by atoms with Crippen LogP contribution in [-0.4, -0.2) is 88.6 Å². The Bertz CT molecular complexity index is 854. The lowest BCUT2D eigenvalue weighted by atomic mass is 10.2. The maximum atomic E-state index is 12.6. The summed E-state index contributed by atoms with van der Waals surface area (Å²) in [5, 5.41) is 4.06. The van der Waals surface area contributed by atoms with Gasteiger partial charge in [0.05, 0.1) is 17.7 Å². The van der Waals surface area contributed by atoms with Gasteiger partial charge in [-0.05, 0) is 45.9 Å². The van der Waals surface area contributed by atoms with Gasteiger partial charge in [0.15, 0.2) is 0 Å². The third-order valence-corrected chi connectivity index (χ3v) is 8.94. The molecule has 1 N–H and O–H groups in total. The Labute approximate surface area is 198 Å². The van der Waals surface area contributed by atoms with Gasteiger partial charge in [0.1, 0.15) is 0 Å². The monoisotopic (exact) mass is 474 g/mol. The minimum absolute atomic E-state index is 0.00234. The van der Waals surface area contributed by atoms with Crippen LogP contribution in [0.15, 0.2) is 36.5 Å². The standard InChI is InChI=1S/C24H38N4O4Si/c1-4-30-33(31-5-2,32-6-3)19-9-14-27-15-17-28(18-16-27)20-23(29)26-22-12-7-10-21-11-8-13-25-24(21)22/h7-8,10-13H,4-6,9,14-20H2,1-3H3,(H,26,29). The van der Waals surface area contributed by atoms with Crippen LogP contribution in [0.3, 0.4) is 0 Å². The highest BCUT2D eigenvalue weighted by Crippen LogP contribution is 2.21. The SMILES string of the molecule is CCO[Si](CCCN1CCN(CC(=O)Nc2cccc3cccnc23)CC1)(OCC)OCC. The quantitative estimate of drug-likeness (QED) is 0.447. The van der Waals surface area contributed by atoms with Gasteiger partial charge in [-0.1, -0.05) is 18.2 Å². The maximum Gasteiger partial charge on any atom is 0.500 e. The van der Waals surface area contributed by atoms with E-state index in [0.717, 1.165) is 61.8 Å². The number of nitrogens with one attached hydrogen (secondary N) is 1. The smallest absolute Gasteiger partial charge is 0.374 e. The minimum atomic E-state index is -2.57. The number of fused-ring (bicyclic) bond motifs is 1. The summed E-state index contributed by atoms with van der Waals surface area (Å²) in [6.07, 6.45) is 2.74. The first-order chi connectivity index (χ1) is 16.1. The lowest BCUT2D eigenvalue weighted by Gasteiger charge is -2.35. The zero-order valence-corrected chi connectivity index (χ0v) is 21.2. The van der Waals surface area contributed by atoms with Gasteiger partial charge in [0, 0.05) is 63.6 Å². The minimum Gasteiger partial charge on any atom is -0.374 e. The van der Waals surface area contributed by atoms with Crippen molar-refractivity contribution in [1.29, 1.82) is 0 Å². The van der Waals surface area contributed by atoms with Gasteiger partial charge < -0.3 is 23.5 Å². The van der Waals surface area contributed by atoms with Crippen molar-refractivity contribution in [2.24, 2.45) is 0 Å². The number of anilines is 1. The van der Waals surface area contributed by atoms with Gasteiger partial charge in [-0.2, -0.15) is 0 Å². The number of carbonyl (C=O) groups excluding carboxylic acids is 1. The van der Waals surface area contributed by atoms with Crippen LogP contribution in [0.25, 0.3) is 10.9 Å². The van der Waals surface area contributed by atoms with E-state index >= 15 is 0 Å². The van der Waals surface area contributed by atoms with E-state index in [0.29, 0.717) is 26.4 Å². The van der Waals surface area contributed by atoms with Crippen molar-refractivity contribution in [3.05, 3.63) is 36.5 Å². The summed E-state index contributed by atoms with van der Waals surface area (Å²) in [7, 11) is -2.57. The molecule has 8 nitrogen and oxygen atoms in total. The molecule has 2 heterocycles. The number of para-hydroxylation sites is 1. The molecule has 0 bridgehead atoms. The van der Waals surface area contributed by atoms with E-state index in [1.54, 1.807) is 6.20 Å². The van der Waals surface area contributed by atoms with E-state index < -0.39 is 8.80 Å².